The molecule has 6 rings (SSSR count). The summed E-state index contributed by atoms with van der Waals surface area (Å²) in [6.07, 6.45) is 5.39. The van der Waals surface area contributed by atoms with Crippen LogP contribution in [0.3, 0.4) is 0 Å². The molecule has 1 fully saturated rings. The predicted molar refractivity (Wildman–Crippen MR) is 148 cm³/mol. The summed E-state index contributed by atoms with van der Waals surface area (Å²) in [5.74, 6) is 0.272. The van der Waals surface area contributed by atoms with Gasteiger partial charge in [0.1, 0.15) is 14.3 Å². The van der Waals surface area contributed by atoms with Crippen LogP contribution < -0.4 is 21.2 Å². The minimum atomic E-state index is -3.13. The zero-order valence-electron chi connectivity index (χ0n) is 19.4. The Labute approximate surface area is 207 Å². The van der Waals surface area contributed by atoms with Gasteiger partial charge in [-0.15, -0.1) is 0 Å². The Bertz CT molecular complexity index is 1230. The standard InChI is InChI=1S/C31H28O2P2/c32-34(26-13-5-1-6-14-26,27-15-7-2-8-16-27)30-24-21-22-25(23-24)31(30)35(33,28-17-9-3-10-18-28)29-19-11-4-12-20-29/h1-22,24-25,30-31H,23H2/t24?,25?,30-,31?/m0/s1. The van der Waals surface area contributed by atoms with Crippen LogP contribution >= 0.6 is 14.3 Å². The van der Waals surface area contributed by atoms with E-state index in [-0.39, 0.29) is 23.2 Å². The first-order chi connectivity index (χ1) is 17.1. The van der Waals surface area contributed by atoms with Crippen molar-refractivity contribution in [2.24, 2.45) is 11.8 Å². The van der Waals surface area contributed by atoms with Crippen LogP contribution in [-0.4, -0.2) is 11.3 Å². The Kier molecular flexibility index (Phi) is 5.76. The van der Waals surface area contributed by atoms with Gasteiger partial charge in [-0.2, -0.15) is 0 Å². The van der Waals surface area contributed by atoms with Crippen molar-refractivity contribution < 1.29 is 9.13 Å². The molecule has 4 heteroatoms. The number of allylic oxidation sites excluding steroid dienone is 2. The highest BCUT2D eigenvalue weighted by Crippen LogP contribution is 2.69. The van der Waals surface area contributed by atoms with Crippen LogP contribution in [0.2, 0.25) is 0 Å². The fraction of sp³-hybridized carbons (Fsp3) is 0.161. The van der Waals surface area contributed by atoms with Crippen molar-refractivity contribution in [3.63, 3.8) is 0 Å². The van der Waals surface area contributed by atoms with E-state index in [4.69, 9.17) is 0 Å². The molecule has 0 aromatic heterocycles. The Balaban J connectivity index is 1.63. The maximum Gasteiger partial charge on any atom is 0.147 e. The molecule has 0 amide bonds. The summed E-state index contributed by atoms with van der Waals surface area (Å²) in [6, 6.07) is 39.6. The van der Waals surface area contributed by atoms with E-state index in [2.05, 4.69) is 12.2 Å². The van der Waals surface area contributed by atoms with Crippen LogP contribution in [-0.2, 0) is 9.13 Å². The molecular weight excluding hydrogens is 466 g/mol. The summed E-state index contributed by atoms with van der Waals surface area (Å²) in [5.41, 5.74) is -0.456. The van der Waals surface area contributed by atoms with Gasteiger partial charge in [0.15, 0.2) is 0 Å². The average Bonchev–Trinajstić information content (AvgIpc) is 3.57. The molecule has 0 spiro atoms. The Morgan fingerprint density at radius 1 is 0.429 bits per heavy atom. The zero-order chi connectivity index (χ0) is 23.9. The lowest BCUT2D eigenvalue weighted by Gasteiger charge is -2.40. The summed E-state index contributed by atoms with van der Waals surface area (Å²) < 4.78 is 31.1. The Morgan fingerprint density at radius 2 is 0.686 bits per heavy atom. The minimum absolute atomic E-state index is 0.136. The summed E-state index contributed by atoms with van der Waals surface area (Å²) in [4.78, 5) is 0. The van der Waals surface area contributed by atoms with Gasteiger partial charge in [-0.25, -0.2) is 0 Å². The molecule has 0 N–H and O–H groups in total. The molecule has 4 aromatic rings. The van der Waals surface area contributed by atoms with Gasteiger partial charge < -0.3 is 9.13 Å². The molecule has 0 aliphatic heterocycles. The lowest BCUT2D eigenvalue weighted by molar-refractivity contribution is 0.549. The van der Waals surface area contributed by atoms with E-state index in [0.717, 1.165) is 27.6 Å². The maximum absolute atomic E-state index is 15.6. The molecule has 1 saturated carbocycles. The summed E-state index contributed by atoms with van der Waals surface area (Å²) in [5, 5.41) is 3.43. The second kappa shape index (κ2) is 8.94. The van der Waals surface area contributed by atoms with E-state index < -0.39 is 14.3 Å². The van der Waals surface area contributed by atoms with Crippen molar-refractivity contribution in [3.8, 4) is 0 Å². The molecule has 2 nitrogen and oxygen atoms in total. The highest BCUT2D eigenvalue weighted by Gasteiger charge is 2.60. The second-order valence-electron chi connectivity index (χ2n) is 9.59. The quantitative estimate of drug-likeness (QED) is 0.245. The van der Waals surface area contributed by atoms with Gasteiger partial charge in [0.05, 0.1) is 0 Å². The number of fused-ring (bicyclic) bond motifs is 2. The van der Waals surface area contributed by atoms with Gasteiger partial charge >= 0.3 is 0 Å². The van der Waals surface area contributed by atoms with Gasteiger partial charge in [-0.05, 0) is 18.3 Å². The predicted octanol–water partition coefficient (Wildman–Crippen LogP) is 5.96. The van der Waals surface area contributed by atoms with E-state index in [1.54, 1.807) is 0 Å². The molecular formula is C31H28O2P2. The molecule has 35 heavy (non-hydrogen) atoms. The largest absolute Gasteiger partial charge is 0.313 e. The number of benzene rings is 4. The first-order valence-corrected chi connectivity index (χ1v) is 15.8. The second-order valence-corrected chi connectivity index (χ2v) is 15.5. The molecule has 4 atom stereocenters. The van der Waals surface area contributed by atoms with Crippen LogP contribution in [0.4, 0.5) is 0 Å². The van der Waals surface area contributed by atoms with Crippen LogP contribution in [0, 0.1) is 11.8 Å². The molecule has 0 heterocycles. The Morgan fingerprint density at radius 3 is 0.943 bits per heavy atom. The third kappa shape index (κ3) is 3.55. The molecule has 4 aromatic carbocycles. The van der Waals surface area contributed by atoms with Gasteiger partial charge in [-0.3, -0.25) is 0 Å². The Hall–Kier alpha value is -2.92. The third-order valence-corrected chi connectivity index (χ3v) is 15.4. The van der Waals surface area contributed by atoms with Crippen molar-refractivity contribution in [2.75, 3.05) is 0 Å². The third-order valence-electron chi connectivity index (χ3n) is 7.78. The van der Waals surface area contributed by atoms with Crippen molar-refractivity contribution >= 4 is 35.5 Å². The smallest absolute Gasteiger partial charge is 0.147 e. The molecule has 0 radical (unpaired) electrons. The van der Waals surface area contributed by atoms with Crippen LogP contribution in [0.5, 0.6) is 0 Å². The van der Waals surface area contributed by atoms with Crippen LogP contribution in [0.1, 0.15) is 6.42 Å². The normalized spacial score (nSPS) is 23.4. The summed E-state index contributed by atoms with van der Waals surface area (Å²) in [6.45, 7) is 0. The molecule has 0 saturated heterocycles. The van der Waals surface area contributed by atoms with Crippen LogP contribution in [0.15, 0.2) is 133 Å². The zero-order valence-corrected chi connectivity index (χ0v) is 21.2. The van der Waals surface area contributed by atoms with E-state index in [9.17, 15) is 0 Å². The van der Waals surface area contributed by atoms with Crippen molar-refractivity contribution in [1.29, 1.82) is 0 Å². The molecule has 2 aliphatic carbocycles. The average molecular weight is 495 g/mol. The van der Waals surface area contributed by atoms with E-state index in [1.165, 1.54) is 0 Å². The fourth-order valence-electron chi connectivity index (χ4n) is 6.32. The number of hydrogen-bond acceptors (Lipinski definition) is 2. The van der Waals surface area contributed by atoms with Crippen molar-refractivity contribution in [3.05, 3.63) is 133 Å². The number of hydrogen-bond donors (Lipinski definition) is 0. The summed E-state index contributed by atoms with van der Waals surface area (Å²) >= 11 is 0. The lowest BCUT2D eigenvalue weighted by atomic mass is 10.1. The van der Waals surface area contributed by atoms with Crippen molar-refractivity contribution in [2.45, 2.75) is 17.7 Å². The van der Waals surface area contributed by atoms with E-state index >= 15 is 9.13 Å². The molecule has 2 bridgehead atoms. The van der Waals surface area contributed by atoms with E-state index in [0.29, 0.717) is 0 Å². The monoisotopic (exact) mass is 494 g/mol. The topological polar surface area (TPSA) is 34.1 Å². The summed E-state index contributed by atoms with van der Waals surface area (Å²) in [7, 11) is -6.26. The SMILES string of the molecule is O=P(c1ccccc1)(c1ccccc1)C1C2C=CC(C2)[C@@H]1P(=O)(c1ccccc1)c1ccccc1. The molecule has 3 unspecified atom stereocenters. The van der Waals surface area contributed by atoms with Gasteiger partial charge in [0, 0.05) is 32.5 Å². The van der Waals surface area contributed by atoms with Gasteiger partial charge in [0.25, 0.3) is 0 Å². The fourth-order valence-corrected chi connectivity index (χ4v) is 14.7. The van der Waals surface area contributed by atoms with Gasteiger partial charge in [0.2, 0.25) is 0 Å². The highest BCUT2D eigenvalue weighted by molar-refractivity contribution is 7.83. The highest BCUT2D eigenvalue weighted by atomic mass is 31.2. The first-order valence-electron chi connectivity index (χ1n) is 12.2. The molecule has 2 aliphatic rings. The maximum atomic E-state index is 15.6. The van der Waals surface area contributed by atoms with Gasteiger partial charge in [-0.1, -0.05) is 133 Å². The molecule has 174 valence electrons. The number of rotatable bonds is 6. The first kappa shape index (κ1) is 22.5. The van der Waals surface area contributed by atoms with Crippen molar-refractivity contribution in [1.82, 2.24) is 0 Å². The van der Waals surface area contributed by atoms with Crippen LogP contribution in [0.25, 0.3) is 0 Å². The minimum Gasteiger partial charge on any atom is -0.313 e. The lowest BCUT2D eigenvalue weighted by Crippen LogP contribution is -2.41. The van der Waals surface area contributed by atoms with E-state index in [1.807, 2.05) is 121 Å².